The molecule has 3 nitrogen and oxygen atoms in total. The SMILES string of the molecule is CC1CCC(C)N(C(=O)c2cc(Cl)nc(Cl)c2)C1. The van der Waals surface area contributed by atoms with E-state index in [1.807, 2.05) is 4.90 Å². The van der Waals surface area contributed by atoms with Crippen LogP contribution in [0.2, 0.25) is 10.3 Å². The smallest absolute Gasteiger partial charge is 0.254 e. The summed E-state index contributed by atoms with van der Waals surface area (Å²) in [5.74, 6) is 0.526. The highest BCUT2D eigenvalue weighted by Crippen LogP contribution is 2.24. The lowest BCUT2D eigenvalue weighted by Crippen LogP contribution is -2.44. The summed E-state index contributed by atoms with van der Waals surface area (Å²) < 4.78 is 0. The molecule has 0 aromatic carbocycles. The number of pyridine rings is 1. The van der Waals surface area contributed by atoms with E-state index in [0.29, 0.717) is 11.5 Å². The lowest BCUT2D eigenvalue weighted by atomic mass is 9.94. The third-order valence-electron chi connectivity index (χ3n) is 3.39. The molecule has 98 valence electrons. The lowest BCUT2D eigenvalue weighted by Gasteiger charge is -2.36. The molecule has 2 unspecified atom stereocenters. The molecule has 0 aliphatic carbocycles. The van der Waals surface area contributed by atoms with Crippen LogP contribution in [0.1, 0.15) is 37.0 Å². The van der Waals surface area contributed by atoms with E-state index in [1.54, 1.807) is 12.1 Å². The molecule has 0 N–H and O–H groups in total. The summed E-state index contributed by atoms with van der Waals surface area (Å²) in [4.78, 5) is 18.2. The second-order valence-corrected chi connectivity index (χ2v) is 5.76. The van der Waals surface area contributed by atoms with Crippen molar-refractivity contribution in [3.05, 3.63) is 28.0 Å². The number of aromatic nitrogens is 1. The average molecular weight is 287 g/mol. The van der Waals surface area contributed by atoms with Gasteiger partial charge in [-0.1, -0.05) is 30.1 Å². The standard InChI is InChI=1S/C13H16Cl2N2O/c1-8-3-4-9(2)17(7-8)13(18)10-5-11(14)16-12(15)6-10/h5-6,8-9H,3-4,7H2,1-2H3. The van der Waals surface area contributed by atoms with Gasteiger partial charge in [-0.2, -0.15) is 0 Å². The monoisotopic (exact) mass is 286 g/mol. The van der Waals surface area contributed by atoms with Gasteiger partial charge in [-0.15, -0.1) is 0 Å². The summed E-state index contributed by atoms with van der Waals surface area (Å²) in [6.07, 6.45) is 2.21. The number of carbonyl (C=O) groups excluding carboxylic acids is 1. The Balaban J connectivity index is 2.24. The summed E-state index contributed by atoms with van der Waals surface area (Å²) in [6, 6.07) is 3.41. The van der Waals surface area contributed by atoms with Gasteiger partial charge in [-0.05, 0) is 37.8 Å². The van der Waals surface area contributed by atoms with E-state index >= 15 is 0 Å². The van der Waals surface area contributed by atoms with Gasteiger partial charge in [0.15, 0.2) is 0 Å². The van der Waals surface area contributed by atoms with Crippen LogP contribution in [0, 0.1) is 5.92 Å². The molecule has 1 aliphatic rings. The Morgan fingerprint density at radius 1 is 1.28 bits per heavy atom. The van der Waals surface area contributed by atoms with Crippen LogP contribution in [0.3, 0.4) is 0 Å². The largest absolute Gasteiger partial charge is 0.336 e. The van der Waals surface area contributed by atoms with E-state index in [9.17, 15) is 4.79 Å². The van der Waals surface area contributed by atoms with E-state index in [0.717, 1.165) is 13.0 Å². The van der Waals surface area contributed by atoms with Crippen LogP contribution >= 0.6 is 23.2 Å². The number of amides is 1. The highest BCUT2D eigenvalue weighted by atomic mass is 35.5. The maximum absolute atomic E-state index is 12.4. The van der Waals surface area contributed by atoms with Crippen LogP contribution in [0.25, 0.3) is 0 Å². The zero-order chi connectivity index (χ0) is 13.3. The fourth-order valence-electron chi connectivity index (χ4n) is 2.33. The normalized spacial score (nSPS) is 24.1. The fourth-order valence-corrected chi connectivity index (χ4v) is 2.79. The van der Waals surface area contributed by atoms with Crippen LogP contribution in [0.5, 0.6) is 0 Å². The fraction of sp³-hybridized carbons (Fsp3) is 0.538. The Kier molecular flexibility index (Phi) is 4.13. The van der Waals surface area contributed by atoms with Gasteiger partial charge in [0.05, 0.1) is 0 Å². The minimum absolute atomic E-state index is 0.0137. The van der Waals surface area contributed by atoms with E-state index in [2.05, 4.69) is 18.8 Å². The summed E-state index contributed by atoms with van der Waals surface area (Å²) in [7, 11) is 0. The first-order valence-electron chi connectivity index (χ1n) is 6.11. The van der Waals surface area contributed by atoms with Gasteiger partial charge in [0, 0.05) is 18.2 Å². The van der Waals surface area contributed by atoms with Crippen LogP contribution < -0.4 is 0 Å². The molecular weight excluding hydrogens is 271 g/mol. The molecule has 2 atom stereocenters. The highest BCUT2D eigenvalue weighted by molar-refractivity contribution is 6.33. The van der Waals surface area contributed by atoms with Crippen molar-refractivity contribution in [1.29, 1.82) is 0 Å². The average Bonchev–Trinajstić information content (AvgIpc) is 2.30. The van der Waals surface area contributed by atoms with Crippen LogP contribution in [-0.2, 0) is 0 Å². The van der Waals surface area contributed by atoms with Gasteiger partial charge in [-0.3, -0.25) is 4.79 Å². The van der Waals surface area contributed by atoms with Gasteiger partial charge < -0.3 is 4.90 Å². The quantitative estimate of drug-likeness (QED) is 0.739. The zero-order valence-electron chi connectivity index (χ0n) is 10.5. The summed E-state index contributed by atoms with van der Waals surface area (Å²) in [5, 5.41) is 0.507. The predicted molar refractivity (Wildman–Crippen MR) is 73.2 cm³/mol. The molecule has 1 amide bonds. The van der Waals surface area contributed by atoms with Gasteiger partial charge in [0.1, 0.15) is 10.3 Å². The molecule has 1 saturated heterocycles. The third-order valence-corrected chi connectivity index (χ3v) is 3.78. The van der Waals surface area contributed by atoms with Gasteiger partial charge >= 0.3 is 0 Å². The molecule has 0 spiro atoms. The van der Waals surface area contributed by atoms with Crippen molar-refractivity contribution in [1.82, 2.24) is 9.88 Å². The Morgan fingerprint density at radius 3 is 2.50 bits per heavy atom. The van der Waals surface area contributed by atoms with Gasteiger partial charge in [-0.25, -0.2) is 4.98 Å². The Morgan fingerprint density at radius 2 is 1.89 bits per heavy atom. The number of hydrogen-bond donors (Lipinski definition) is 0. The number of carbonyl (C=O) groups is 1. The summed E-state index contributed by atoms with van der Waals surface area (Å²) in [5.41, 5.74) is 0.515. The molecule has 1 fully saturated rings. The molecule has 0 saturated carbocycles. The maximum Gasteiger partial charge on any atom is 0.254 e. The second-order valence-electron chi connectivity index (χ2n) is 4.99. The number of hydrogen-bond acceptors (Lipinski definition) is 2. The first-order chi connectivity index (χ1) is 8.47. The predicted octanol–water partition coefficient (Wildman–Crippen LogP) is 3.65. The third kappa shape index (κ3) is 2.96. The zero-order valence-corrected chi connectivity index (χ0v) is 12.0. The van der Waals surface area contributed by atoms with Crippen molar-refractivity contribution in [3.63, 3.8) is 0 Å². The van der Waals surface area contributed by atoms with Gasteiger partial charge in [0.25, 0.3) is 5.91 Å². The van der Waals surface area contributed by atoms with Crippen molar-refractivity contribution >= 4 is 29.1 Å². The number of halogens is 2. The van der Waals surface area contributed by atoms with E-state index < -0.39 is 0 Å². The second kappa shape index (κ2) is 5.45. The van der Waals surface area contributed by atoms with Crippen LogP contribution in [0.15, 0.2) is 12.1 Å². The van der Waals surface area contributed by atoms with Crippen molar-refractivity contribution < 1.29 is 4.79 Å². The Hall–Kier alpha value is -0.800. The Labute approximate surface area is 117 Å². The molecule has 2 heterocycles. The first-order valence-corrected chi connectivity index (χ1v) is 6.87. The molecule has 0 radical (unpaired) electrons. The summed E-state index contributed by atoms with van der Waals surface area (Å²) >= 11 is 11.7. The van der Waals surface area contributed by atoms with Crippen molar-refractivity contribution in [2.24, 2.45) is 5.92 Å². The lowest BCUT2D eigenvalue weighted by molar-refractivity contribution is 0.0574. The molecule has 1 aromatic heterocycles. The molecule has 2 rings (SSSR count). The molecule has 18 heavy (non-hydrogen) atoms. The van der Waals surface area contributed by atoms with Gasteiger partial charge in [0.2, 0.25) is 0 Å². The maximum atomic E-state index is 12.4. The van der Waals surface area contributed by atoms with Crippen molar-refractivity contribution in [2.75, 3.05) is 6.54 Å². The van der Waals surface area contributed by atoms with Crippen molar-refractivity contribution in [3.8, 4) is 0 Å². The number of rotatable bonds is 1. The van der Waals surface area contributed by atoms with E-state index in [4.69, 9.17) is 23.2 Å². The van der Waals surface area contributed by atoms with Crippen molar-refractivity contribution in [2.45, 2.75) is 32.7 Å². The molecule has 0 bridgehead atoms. The number of piperidine rings is 1. The number of nitrogens with zero attached hydrogens (tertiary/aromatic N) is 2. The molecule has 1 aromatic rings. The van der Waals surface area contributed by atoms with Crippen LogP contribution in [-0.4, -0.2) is 28.4 Å². The molecular formula is C13H16Cl2N2O. The van der Waals surface area contributed by atoms with E-state index in [-0.39, 0.29) is 22.3 Å². The molecule has 5 heteroatoms. The van der Waals surface area contributed by atoms with Crippen LogP contribution in [0.4, 0.5) is 0 Å². The summed E-state index contributed by atoms with van der Waals surface area (Å²) in [6.45, 7) is 5.03. The molecule has 1 aliphatic heterocycles. The Bertz CT molecular complexity index is 444. The van der Waals surface area contributed by atoms with E-state index in [1.165, 1.54) is 6.42 Å². The number of likely N-dealkylation sites (tertiary alicyclic amines) is 1. The first kappa shape index (κ1) is 13.6. The highest BCUT2D eigenvalue weighted by Gasteiger charge is 2.27. The topological polar surface area (TPSA) is 33.2 Å². The minimum Gasteiger partial charge on any atom is -0.336 e. The minimum atomic E-state index is -0.0137.